The van der Waals surface area contributed by atoms with Gasteiger partial charge >= 0.3 is 5.69 Å². The number of para-hydroxylation sites is 1. The molecule has 1 amide bonds. The van der Waals surface area contributed by atoms with E-state index in [-0.39, 0.29) is 11.7 Å². The van der Waals surface area contributed by atoms with Gasteiger partial charge in [-0.25, -0.2) is 13.8 Å². The number of nitrogens with one attached hydrogen (secondary N) is 1. The summed E-state index contributed by atoms with van der Waals surface area (Å²) < 4.78 is 16.0. The van der Waals surface area contributed by atoms with Gasteiger partial charge in [-0.1, -0.05) is 42.5 Å². The van der Waals surface area contributed by atoms with Gasteiger partial charge < -0.3 is 5.32 Å². The van der Waals surface area contributed by atoms with Gasteiger partial charge in [0, 0.05) is 6.04 Å². The lowest BCUT2D eigenvalue weighted by Gasteiger charge is -2.18. The van der Waals surface area contributed by atoms with Crippen LogP contribution in [0.15, 0.2) is 64.2 Å². The number of hydrogen-bond acceptors (Lipinski definition) is 4. The molecule has 2 aromatic carbocycles. The lowest BCUT2D eigenvalue weighted by atomic mass is 10.1. The largest absolute Gasteiger partial charge is 0.352 e. The smallest absolute Gasteiger partial charge is 0.348 e. The molecule has 0 fully saturated rings. The predicted molar refractivity (Wildman–Crippen MR) is 107 cm³/mol. The molecule has 0 spiro atoms. The van der Waals surface area contributed by atoms with Crippen molar-refractivity contribution in [3.05, 3.63) is 92.5 Å². The van der Waals surface area contributed by atoms with Crippen LogP contribution >= 0.6 is 0 Å². The Morgan fingerprint density at radius 2 is 1.62 bits per heavy atom. The Morgan fingerprint density at radius 1 is 1.00 bits per heavy atom. The molecule has 29 heavy (non-hydrogen) atoms. The Bertz CT molecular complexity index is 1150. The third kappa shape index (κ3) is 4.01. The number of amides is 1. The minimum atomic E-state index is -0.836. The van der Waals surface area contributed by atoms with Crippen LogP contribution < -0.4 is 16.6 Å². The van der Waals surface area contributed by atoms with Gasteiger partial charge in [0.05, 0.1) is 6.04 Å². The van der Waals surface area contributed by atoms with Crippen molar-refractivity contribution in [2.75, 3.05) is 0 Å². The molecule has 1 heterocycles. The molecule has 0 unspecified atom stereocenters. The van der Waals surface area contributed by atoms with Gasteiger partial charge in [0.2, 0.25) is 5.69 Å². The summed E-state index contributed by atoms with van der Waals surface area (Å²) >= 11 is 0. The maximum absolute atomic E-state index is 14.4. The molecule has 0 radical (unpaired) electrons. The number of hydrogen-bond donors (Lipinski definition) is 1. The molecule has 1 atom stereocenters. The zero-order chi connectivity index (χ0) is 21.1. The maximum atomic E-state index is 14.4. The number of carbonyl (C=O) groups excluding carboxylic acids is 1. The van der Waals surface area contributed by atoms with Gasteiger partial charge in [0.15, 0.2) is 0 Å². The first-order chi connectivity index (χ1) is 13.8. The van der Waals surface area contributed by atoms with Crippen LogP contribution in [0.5, 0.6) is 0 Å². The van der Waals surface area contributed by atoms with E-state index in [9.17, 15) is 18.8 Å². The van der Waals surface area contributed by atoms with Crippen LogP contribution in [0.25, 0.3) is 5.69 Å². The van der Waals surface area contributed by atoms with Crippen molar-refractivity contribution < 1.29 is 9.18 Å². The first-order valence-electron chi connectivity index (χ1n) is 9.18. The monoisotopic (exact) mass is 396 g/mol. The molecular weight excluding hydrogens is 375 g/mol. The van der Waals surface area contributed by atoms with Gasteiger partial charge in [-0.05, 0) is 38.5 Å². The second-order valence-corrected chi connectivity index (χ2v) is 6.88. The summed E-state index contributed by atoms with van der Waals surface area (Å²) in [6.45, 7) is 5.12. The van der Waals surface area contributed by atoms with E-state index in [1.807, 2.05) is 6.07 Å². The van der Waals surface area contributed by atoms with E-state index in [1.165, 1.54) is 24.3 Å². The molecule has 3 aromatic rings. The second kappa shape index (κ2) is 8.22. The van der Waals surface area contributed by atoms with Crippen molar-refractivity contribution in [2.24, 2.45) is 0 Å². The van der Waals surface area contributed by atoms with Crippen LogP contribution in [0.2, 0.25) is 0 Å². The fourth-order valence-electron chi connectivity index (χ4n) is 2.96. The lowest BCUT2D eigenvalue weighted by Crippen LogP contribution is -2.48. The summed E-state index contributed by atoms with van der Waals surface area (Å²) in [5.41, 5.74) is -1.61. The average molecular weight is 396 g/mol. The number of rotatable bonds is 5. The molecule has 3 rings (SSSR count). The first kappa shape index (κ1) is 20.2. The quantitative estimate of drug-likeness (QED) is 0.717. The first-order valence-corrected chi connectivity index (χ1v) is 9.18. The van der Waals surface area contributed by atoms with Crippen LogP contribution in [-0.2, 0) is 0 Å². The Balaban J connectivity index is 2.31. The predicted octanol–water partition coefficient (Wildman–Crippen LogP) is 2.28. The van der Waals surface area contributed by atoms with E-state index in [4.69, 9.17) is 0 Å². The highest BCUT2D eigenvalue weighted by Gasteiger charge is 2.24. The van der Waals surface area contributed by atoms with E-state index in [2.05, 4.69) is 10.4 Å². The Labute approximate surface area is 166 Å². The van der Waals surface area contributed by atoms with Crippen molar-refractivity contribution in [1.29, 1.82) is 0 Å². The number of nitrogens with zero attached hydrogens (tertiary/aromatic N) is 3. The topological polar surface area (TPSA) is 86.0 Å². The van der Waals surface area contributed by atoms with Gasteiger partial charge in [0.25, 0.3) is 11.5 Å². The van der Waals surface area contributed by atoms with Gasteiger partial charge in [-0.3, -0.25) is 9.59 Å². The van der Waals surface area contributed by atoms with E-state index in [0.717, 1.165) is 9.25 Å². The van der Waals surface area contributed by atoms with Gasteiger partial charge in [-0.2, -0.15) is 9.78 Å². The molecule has 0 bridgehead atoms. The van der Waals surface area contributed by atoms with Crippen LogP contribution in [0, 0.1) is 5.82 Å². The fraction of sp³-hybridized carbons (Fsp3) is 0.238. The van der Waals surface area contributed by atoms with E-state index in [0.29, 0.717) is 5.56 Å². The Morgan fingerprint density at radius 3 is 2.24 bits per heavy atom. The van der Waals surface area contributed by atoms with E-state index in [1.54, 1.807) is 45.0 Å². The molecular formula is C21H21FN4O3. The molecule has 1 aromatic heterocycles. The average Bonchev–Trinajstić information content (AvgIpc) is 2.69. The lowest BCUT2D eigenvalue weighted by molar-refractivity contribution is 0.0933. The maximum Gasteiger partial charge on any atom is 0.352 e. The van der Waals surface area contributed by atoms with Crippen molar-refractivity contribution >= 4 is 5.91 Å². The number of benzene rings is 2. The van der Waals surface area contributed by atoms with E-state index < -0.39 is 34.7 Å². The van der Waals surface area contributed by atoms with Crippen molar-refractivity contribution in [2.45, 2.75) is 32.9 Å². The highest BCUT2D eigenvalue weighted by atomic mass is 19.1. The molecule has 0 aliphatic carbocycles. The molecule has 0 saturated heterocycles. The molecule has 0 aliphatic rings. The molecule has 7 nitrogen and oxygen atoms in total. The fourth-order valence-corrected chi connectivity index (χ4v) is 2.96. The van der Waals surface area contributed by atoms with Crippen LogP contribution in [0.4, 0.5) is 4.39 Å². The van der Waals surface area contributed by atoms with Crippen molar-refractivity contribution in [1.82, 2.24) is 19.7 Å². The zero-order valence-corrected chi connectivity index (χ0v) is 16.3. The Kier molecular flexibility index (Phi) is 5.72. The van der Waals surface area contributed by atoms with Crippen molar-refractivity contribution in [3.63, 3.8) is 0 Å². The van der Waals surface area contributed by atoms with Crippen LogP contribution in [-0.4, -0.2) is 26.3 Å². The summed E-state index contributed by atoms with van der Waals surface area (Å²) in [4.78, 5) is 38.7. The highest BCUT2D eigenvalue weighted by Crippen LogP contribution is 2.15. The normalized spacial score (nSPS) is 12.0. The number of aromatic nitrogens is 3. The minimum Gasteiger partial charge on any atom is -0.348 e. The standard InChI is InChI=1S/C21H21FN4O3/c1-13(2)23-19(27)18-20(28)25(14(3)15-9-5-4-6-10-15)21(29)26(24-18)17-12-8-7-11-16(17)22/h4-14H,1-3H3,(H,23,27)/t14-/m1/s1. The van der Waals surface area contributed by atoms with E-state index >= 15 is 0 Å². The second-order valence-electron chi connectivity index (χ2n) is 6.88. The third-order valence-corrected chi connectivity index (χ3v) is 4.39. The van der Waals surface area contributed by atoms with Gasteiger partial charge in [0.1, 0.15) is 11.5 Å². The SMILES string of the molecule is CC(C)NC(=O)c1nn(-c2ccccc2F)c(=O)n([C@H](C)c2ccccc2)c1=O. The number of carbonyl (C=O) groups is 1. The molecule has 0 aliphatic heterocycles. The minimum absolute atomic E-state index is 0.148. The molecule has 8 heteroatoms. The summed E-state index contributed by atoms with van der Waals surface area (Å²) in [6, 6.07) is 13.5. The zero-order valence-electron chi connectivity index (χ0n) is 16.3. The Hall–Kier alpha value is -3.55. The summed E-state index contributed by atoms with van der Waals surface area (Å²) in [7, 11) is 0. The number of halogens is 1. The molecule has 0 saturated carbocycles. The summed E-state index contributed by atoms with van der Waals surface area (Å²) in [5, 5.41) is 6.51. The molecule has 1 N–H and O–H groups in total. The summed E-state index contributed by atoms with van der Waals surface area (Å²) in [6.07, 6.45) is 0. The summed E-state index contributed by atoms with van der Waals surface area (Å²) in [5.74, 6) is -1.43. The molecule has 150 valence electrons. The third-order valence-electron chi connectivity index (χ3n) is 4.39. The van der Waals surface area contributed by atoms with Gasteiger partial charge in [-0.15, -0.1) is 0 Å². The van der Waals surface area contributed by atoms with Crippen LogP contribution in [0.1, 0.15) is 42.9 Å². The van der Waals surface area contributed by atoms with Crippen LogP contribution in [0.3, 0.4) is 0 Å². The highest BCUT2D eigenvalue weighted by molar-refractivity contribution is 5.91. The van der Waals surface area contributed by atoms with Crippen molar-refractivity contribution in [3.8, 4) is 5.69 Å².